The van der Waals surface area contributed by atoms with E-state index in [1.165, 1.54) is 0 Å². The highest BCUT2D eigenvalue weighted by atomic mass is 32.2. The SMILES string of the molecule is CC(N)C(C)Sc1nnc(N(C)C)s1. The van der Waals surface area contributed by atoms with Crippen molar-refractivity contribution in [3.8, 4) is 0 Å². The van der Waals surface area contributed by atoms with Crippen LogP contribution in [0, 0.1) is 0 Å². The molecule has 0 radical (unpaired) electrons. The number of aromatic nitrogens is 2. The Labute approximate surface area is 92.9 Å². The lowest BCUT2D eigenvalue weighted by Gasteiger charge is -2.12. The second-order valence-corrected chi connectivity index (χ2v) is 6.01. The molecule has 0 aliphatic rings. The van der Waals surface area contributed by atoms with Crippen molar-refractivity contribution in [2.75, 3.05) is 19.0 Å². The Morgan fingerprint density at radius 2 is 2.00 bits per heavy atom. The fourth-order valence-electron chi connectivity index (χ4n) is 0.697. The number of nitrogens with two attached hydrogens (primary N) is 1. The third-order valence-corrected chi connectivity index (χ3v) is 4.31. The quantitative estimate of drug-likeness (QED) is 0.796. The molecule has 2 unspecified atom stereocenters. The molecular weight excluding hydrogens is 216 g/mol. The Morgan fingerprint density at radius 1 is 1.36 bits per heavy atom. The van der Waals surface area contributed by atoms with Crippen molar-refractivity contribution >= 4 is 28.2 Å². The lowest BCUT2D eigenvalue weighted by Crippen LogP contribution is -2.26. The summed E-state index contributed by atoms with van der Waals surface area (Å²) in [5.41, 5.74) is 5.78. The van der Waals surface area contributed by atoms with Crippen LogP contribution >= 0.6 is 23.1 Å². The van der Waals surface area contributed by atoms with E-state index >= 15 is 0 Å². The van der Waals surface area contributed by atoms with Crippen molar-refractivity contribution < 1.29 is 0 Å². The van der Waals surface area contributed by atoms with Gasteiger partial charge in [0.05, 0.1) is 0 Å². The molecule has 0 spiro atoms. The van der Waals surface area contributed by atoms with Crippen LogP contribution in [-0.4, -0.2) is 35.6 Å². The van der Waals surface area contributed by atoms with Gasteiger partial charge in [-0.15, -0.1) is 10.2 Å². The average molecular weight is 232 g/mol. The zero-order valence-electron chi connectivity index (χ0n) is 8.89. The average Bonchev–Trinajstić information content (AvgIpc) is 2.52. The molecule has 0 aromatic carbocycles. The predicted molar refractivity (Wildman–Crippen MR) is 63.2 cm³/mol. The minimum atomic E-state index is 0.173. The molecule has 1 rings (SSSR count). The maximum atomic E-state index is 5.78. The first kappa shape index (κ1) is 11.7. The molecular formula is C8H16N4S2. The van der Waals surface area contributed by atoms with Crippen LogP contribution in [-0.2, 0) is 0 Å². The van der Waals surface area contributed by atoms with E-state index in [9.17, 15) is 0 Å². The molecule has 0 fully saturated rings. The second-order valence-electron chi connectivity index (χ2n) is 3.43. The molecule has 0 bridgehead atoms. The van der Waals surface area contributed by atoms with Crippen molar-refractivity contribution in [1.82, 2.24) is 10.2 Å². The van der Waals surface area contributed by atoms with Gasteiger partial charge in [-0.05, 0) is 6.92 Å². The van der Waals surface area contributed by atoms with Crippen molar-refractivity contribution in [3.63, 3.8) is 0 Å². The van der Waals surface area contributed by atoms with E-state index in [0.29, 0.717) is 5.25 Å². The minimum Gasteiger partial charge on any atom is -0.353 e. The summed E-state index contributed by atoms with van der Waals surface area (Å²) >= 11 is 3.28. The first-order valence-corrected chi connectivity index (χ1v) is 6.13. The highest BCUT2D eigenvalue weighted by molar-refractivity contribution is 8.01. The van der Waals surface area contributed by atoms with Gasteiger partial charge in [0, 0.05) is 25.4 Å². The predicted octanol–water partition coefficient (Wildman–Crippen LogP) is 1.43. The number of anilines is 1. The van der Waals surface area contributed by atoms with Gasteiger partial charge in [0.1, 0.15) is 0 Å². The van der Waals surface area contributed by atoms with Crippen LogP contribution in [0.15, 0.2) is 4.34 Å². The van der Waals surface area contributed by atoms with Crippen molar-refractivity contribution in [2.45, 2.75) is 29.5 Å². The fourth-order valence-corrected chi connectivity index (χ4v) is 2.69. The zero-order chi connectivity index (χ0) is 10.7. The van der Waals surface area contributed by atoms with Crippen molar-refractivity contribution in [3.05, 3.63) is 0 Å². The maximum absolute atomic E-state index is 5.78. The zero-order valence-corrected chi connectivity index (χ0v) is 10.5. The molecule has 0 amide bonds. The normalized spacial score (nSPS) is 15.2. The van der Waals surface area contributed by atoms with Gasteiger partial charge in [-0.2, -0.15) is 0 Å². The first-order chi connectivity index (χ1) is 6.50. The number of thioether (sulfide) groups is 1. The molecule has 0 saturated heterocycles. The van der Waals surface area contributed by atoms with Gasteiger partial charge in [0.15, 0.2) is 4.34 Å². The number of hydrogen-bond donors (Lipinski definition) is 1. The van der Waals surface area contributed by atoms with E-state index < -0.39 is 0 Å². The Kier molecular flexibility index (Phi) is 4.15. The van der Waals surface area contributed by atoms with Gasteiger partial charge in [0.25, 0.3) is 0 Å². The van der Waals surface area contributed by atoms with Gasteiger partial charge >= 0.3 is 0 Å². The number of nitrogens with zero attached hydrogens (tertiary/aromatic N) is 3. The van der Waals surface area contributed by atoms with Gasteiger partial charge in [-0.3, -0.25) is 0 Å². The number of hydrogen-bond acceptors (Lipinski definition) is 6. The van der Waals surface area contributed by atoms with E-state index in [1.54, 1.807) is 23.1 Å². The van der Waals surface area contributed by atoms with Gasteiger partial charge < -0.3 is 10.6 Å². The maximum Gasteiger partial charge on any atom is 0.208 e. The first-order valence-electron chi connectivity index (χ1n) is 4.43. The lowest BCUT2D eigenvalue weighted by atomic mass is 10.3. The van der Waals surface area contributed by atoms with Crippen LogP contribution in [0.3, 0.4) is 0 Å². The number of rotatable bonds is 4. The Hall–Kier alpha value is -0.330. The topological polar surface area (TPSA) is 55.0 Å². The molecule has 14 heavy (non-hydrogen) atoms. The fraction of sp³-hybridized carbons (Fsp3) is 0.750. The summed E-state index contributed by atoms with van der Waals surface area (Å²) in [4.78, 5) is 1.96. The summed E-state index contributed by atoms with van der Waals surface area (Å²) in [7, 11) is 3.92. The summed E-state index contributed by atoms with van der Waals surface area (Å²) in [6, 6.07) is 0.173. The van der Waals surface area contributed by atoms with E-state index in [4.69, 9.17) is 5.73 Å². The second kappa shape index (κ2) is 4.95. The summed E-state index contributed by atoms with van der Waals surface area (Å²) < 4.78 is 0.985. The molecule has 6 heteroatoms. The Morgan fingerprint density at radius 3 is 2.43 bits per heavy atom. The minimum absolute atomic E-state index is 0.173. The monoisotopic (exact) mass is 232 g/mol. The largest absolute Gasteiger partial charge is 0.353 e. The van der Waals surface area contributed by atoms with E-state index in [2.05, 4.69) is 17.1 Å². The van der Waals surface area contributed by atoms with Crippen molar-refractivity contribution in [2.24, 2.45) is 5.73 Å². The molecule has 2 N–H and O–H groups in total. The molecule has 2 atom stereocenters. The molecule has 1 aromatic heterocycles. The summed E-state index contributed by atoms with van der Waals surface area (Å²) in [5.74, 6) is 0. The summed E-state index contributed by atoms with van der Waals surface area (Å²) in [6.07, 6.45) is 0. The van der Waals surface area contributed by atoms with Crippen LogP contribution < -0.4 is 10.6 Å². The highest BCUT2D eigenvalue weighted by Gasteiger charge is 2.13. The smallest absolute Gasteiger partial charge is 0.208 e. The molecule has 4 nitrogen and oxygen atoms in total. The van der Waals surface area contributed by atoms with Gasteiger partial charge in [0.2, 0.25) is 5.13 Å². The van der Waals surface area contributed by atoms with Crippen LogP contribution in [0.2, 0.25) is 0 Å². The molecule has 1 heterocycles. The molecule has 0 aliphatic heterocycles. The van der Waals surface area contributed by atoms with E-state index in [0.717, 1.165) is 9.47 Å². The van der Waals surface area contributed by atoms with Gasteiger partial charge in [-0.1, -0.05) is 30.0 Å². The van der Waals surface area contributed by atoms with Crippen LogP contribution in [0.4, 0.5) is 5.13 Å². The lowest BCUT2D eigenvalue weighted by molar-refractivity contribution is 0.730. The van der Waals surface area contributed by atoms with Crippen LogP contribution in [0.5, 0.6) is 0 Å². The highest BCUT2D eigenvalue weighted by Crippen LogP contribution is 2.30. The molecule has 0 saturated carbocycles. The van der Waals surface area contributed by atoms with E-state index in [1.807, 2.05) is 25.9 Å². The molecule has 80 valence electrons. The Balaban J connectivity index is 2.60. The van der Waals surface area contributed by atoms with Crippen LogP contribution in [0.25, 0.3) is 0 Å². The molecule has 0 aliphatic carbocycles. The van der Waals surface area contributed by atoms with Crippen LogP contribution in [0.1, 0.15) is 13.8 Å². The third kappa shape index (κ3) is 3.11. The summed E-state index contributed by atoms with van der Waals surface area (Å²) in [5, 5.41) is 9.46. The molecule has 1 aromatic rings. The third-order valence-electron chi connectivity index (χ3n) is 1.81. The Bertz CT molecular complexity index is 285. The summed E-state index contributed by atoms with van der Waals surface area (Å²) in [6.45, 7) is 4.11. The van der Waals surface area contributed by atoms with E-state index in [-0.39, 0.29) is 6.04 Å². The standard InChI is InChI=1S/C8H16N4S2/c1-5(9)6(2)13-8-11-10-7(14-8)12(3)4/h5-6H,9H2,1-4H3. The van der Waals surface area contributed by atoms with Crippen molar-refractivity contribution in [1.29, 1.82) is 0 Å². The van der Waals surface area contributed by atoms with Gasteiger partial charge in [-0.25, -0.2) is 0 Å².